The van der Waals surface area contributed by atoms with Gasteiger partial charge in [0.05, 0.1) is 22.5 Å². The van der Waals surface area contributed by atoms with Crippen LogP contribution >= 0.6 is 0 Å². The maximum atomic E-state index is 14.3. The van der Waals surface area contributed by atoms with Crippen molar-refractivity contribution in [1.82, 2.24) is 4.98 Å². The van der Waals surface area contributed by atoms with Crippen LogP contribution in [0, 0.1) is 10.1 Å². The lowest BCUT2D eigenvalue weighted by molar-refractivity contribution is -0.385. The van der Waals surface area contributed by atoms with Gasteiger partial charge in [-0.2, -0.15) is 0 Å². The zero-order valence-electron chi connectivity index (χ0n) is 13.1. The first-order valence-electron chi connectivity index (χ1n) is 7.56. The first-order chi connectivity index (χ1) is 12.0. The fourth-order valence-electron chi connectivity index (χ4n) is 2.52. The first kappa shape index (κ1) is 16.5. The number of hydrogen-bond acceptors (Lipinski definition) is 4. The number of pyridine rings is 1. The zero-order chi connectivity index (χ0) is 17.8. The summed E-state index contributed by atoms with van der Waals surface area (Å²) in [4.78, 5) is 26.5. The number of nitrogens with zero attached hydrogens (tertiary/aromatic N) is 2. The molecular formula is C18H14FN3O3. The lowest BCUT2D eigenvalue weighted by Gasteiger charge is -2.10. The second kappa shape index (κ2) is 7.04. The molecule has 1 N–H and O–H groups in total. The van der Waals surface area contributed by atoms with Crippen molar-refractivity contribution in [3.63, 3.8) is 0 Å². The van der Waals surface area contributed by atoms with Gasteiger partial charge in [-0.15, -0.1) is 0 Å². The second-order valence-corrected chi connectivity index (χ2v) is 5.45. The van der Waals surface area contributed by atoms with E-state index >= 15 is 0 Å². The molecule has 1 amide bonds. The number of aromatic nitrogens is 1. The SMILES string of the molecule is O=C(CC(F)c1cccc([N+](=O)[O-])c1)Nc1cccc2cccnc12. The van der Waals surface area contributed by atoms with Crippen molar-refractivity contribution in [2.24, 2.45) is 0 Å². The molecule has 6 nitrogen and oxygen atoms in total. The Morgan fingerprint density at radius 2 is 1.96 bits per heavy atom. The molecule has 25 heavy (non-hydrogen) atoms. The van der Waals surface area contributed by atoms with E-state index in [9.17, 15) is 19.3 Å². The van der Waals surface area contributed by atoms with Crippen LogP contribution in [0.4, 0.5) is 15.8 Å². The van der Waals surface area contributed by atoms with Crippen LogP contribution < -0.4 is 5.32 Å². The van der Waals surface area contributed by atoms with E-state index < -0.39 is 23.4 Å². The Morgan fingerprint density at radius 3 is 2.76 bits per heavy atom. The van der Waals surface area contributed by atoms with Gasteiger partial charge in [-0.05, 0) is 17.7 Å². The van der Waals surface area contributed by atoms with Gasteiger partial charge in [-0.25, -0.2) is 4.39 Å². The molecule has 1 heterocycles. The van der Waals surface area contributed by atoms with Crippen molar-refractivity contribution >= 4 is 28.2 Å². The second-order valence-electron chi connectivity index (χ2n) is 5.45. The Morgan fingerprint density at radius 1 is 1.20 bits per heavy atom. The molecule has 0 aliphatic carbocycles. The van der Waals surface area contributed by atoms with Crippen molar-refractivity contribution in [2.75, 3.05) is 5.32 Å². The first-order valence-corrected chi connectivity index (χ1v) is 7.56. The fraction of sp³-hybridized carbons (Fsp3) is 0.111. The molecule has 0 radical (unpaired) electrons. The number of rotatable bonds is 5. The van der Waals surface area contributed by atoms with E-state index in [1.54, 1.807) is 24.4 Å². The minimum Gasteiger partial charge on any atom is -0.324 e. The van der Waals surface area contributed by atoms with Crippen LogP contribution in [0.5, 0.6) is 0 Å². The number of alkyl halides is 1. The standard InChI is InChI=1S/C18H14FN3O3/c19-15(13-5-1-7-14(10-13)22(24)25)11-17(23)21-16-8-2-4-12-6-3-9-20-18(12)16/h1-10,15H,11H2,(H,21,23). The quantitative estimate of drug-likeness (QED) is 0.558. The number of nitrogens with one attached hydrogen (secondary N) is 1. The summed E-state index contributed by atoms with van der Waals surface area (Å²) in [6.45, 7) is 0. The van der Waals surface area contributed by atoms with Gasteiger partial charge in [0.1, 0.15) is 6.17 Å². The molecule has 126 valence electrons. The zero-order valence-corrected chi connectivity index (χ0v) is 13.1. The molecule has 2 aromatic carbocycles. The van der Waals surface area contributed by atoms with E-state index in [0.29, 0.717) is 11.2 Å². The number of halogens is 1. The molecule has 3 aromatic rings. The van der Waals surface area contributed by atoms with Gasteiger partial charge >= 0.3 is 0 Å². The van der Waals surface area contributed by atoms with Crippen LogP contribution in [0.15, 0.2) is 60.8 Å². The Bertz CT molecular complexity index is 940. The molecule has 1 aromatic heterocycles. The minimum atomic E-state index is -1.64. The predicted molar refractivity (Wildman–Crippen MR) is 91.9 cm³/mol. The maximum Gasteiger partial charge on any atom is 0.269 e. The number of non-ortho nitro benzene ring substituents is 1. The van der Waals surface area contributed by atoms with E-state index in [1.807, 2.05) is 12.1 Å². The van der Waals surface area contributed by atoms with Crippen molar-refractivity contribution in [2.45, 2.75) is 12.6 Å². The van der Waals surface area contributed by atoms with Gasteiger partial charge in [0.25, 0.3) is 5.69 Å². The molecule has 0 aliphatic rings. The van der Waals surface area contributed by atoms with E-state index in [0.717, 1.165) is 11.5 Å². The van der Waals surface area contributed by atoms with E-state index in [4.69, 9.17) is 0 Å². The smallest absolute Gasteiger partial charge is 0.269 e. The van der Waals surface area contributed by atoms with Crippen LogP contribution in [-0.4, -0.2) is 15.8 Å². The van der Waals surface area contributed by atoms with Gasteiger partial charge in [0.15, 0.2) is 0 Å². The van der Waals surface area contributed by atoms with Gasteiger partial charge < -0.3 is 5.32 Å². The molecule has 1 unspecified atom stereocenters. The van der Waals surface area contributed by atoms with Crippen molar-refractivity contribution in [3.05, 3.63) is 76.5 Å². The van der Waals surface area contributed by atoms with Crippen molar-refractivity contribution < 1.29 is 14.1 Å². The monoisotopic (exact) mass is 339 g/mol. The molecular weight excluding hydrogens is 325 g/mol. The van der Waals surface area contributed by atoms with Crippen molar-refractivity contribution in [1.29, 1.82) is 0 Å². The third-order valence-corrected chi connectivity index (χ3v) is 3.71. The third kappa shape index (κ3) is 3.77. The summed E-state index contributed by atoms with van der Waals surface area (Å²) < 4.78 is 14.3. The topological polar surface area (TPSA) is 85.1 Å². The highest BCUT2D eigenvalue weighted by Crippen LogP contribution is 2.26. The minimum absolute atomic E-state index is 0.0976. The summed E-state index contributed by atoms with van der Waals surface area (Å²) in [5, 5.41) is 14.3. The predicted octanol–water partition coefficient (Wildman–Crippen LogP) is 4.18. The number of fused-ring (bicyclic) bond motifs is 1. The molecule has 0 saturated carbocycles. The van der Waals surface area contributed by atoms with E-state index in [-0.39, 0.29) is 11.3 Å². The van der Waals surface area contributed by atoms with E-state index in [1.165, 1.54) is 18.2 Å². The highest BCUT2D eigenvalue weighted by molar-refractivity contribution is 6.00. The van der Waals surface area contributed by atoms with Gasteiger partial charge in [-0.3, -0.25) is 19.9 Å². The summed E-state index contributed by atoms with van der Waals surface area (Å²) >= 11 is 0. The Hall–Kier alpha value is -3.35. The number of nitro groups is 1. The third-order valence-electron chi connectivity index (χ3n) is 3.71. The number of anilines is 1. The lowest BCUT2D eigenvalue weighted by atomic mass is 10.1. The maximum absolute atomic E-state index is 14.3. The number of carbonyl (C=O) groups is 1. The lowest BCUT2D eigenvalue weighted by Crippen LogP contribution is -2.14. The number of amides is 1. The molecule has 3 rings (SSSR count). The Balaban J connectivity index is 1.73. The Kier molecular flexibility index (Phi) is 4.65. The summed E-state index contributed by atoms with van der Waals surface area (Å²) in [5.41, 5.74) is 0.998. The number of hydrogen-bond donors (Lipinski definition) is 1. The van der Waals surface area contributed by atoms with Crippen LogP contribution in [0.3, 0.4) is 0 Å². The summed E-state index contributed by atoms with van der Waals surface area (Å²) in [7, 11) is 0. The highest BCUT2D eigenvalue weighted by atomic mass is 19.1. The number of carbonyl (C=O) groups excluding carboxylic acids is 1. The van der Waals surface area contributed by atoms with Crippen LogP contribution in [0.2, 0.25) is 0 Å². The van der Waals surface area contributed by atoms with Crippen LogP contribution in [-0.2, 0) is 4.79 Å². The van der Waals surface area contributed by atoms with E-state index in [2.05, 4.69) is 10.3 Å². The van der Waals surface area contributed by atoms with Gasteiger partial charge in [-0.1, -0.05) is 30.3 Å². The largest absolute Gasteiger partial charge is 0.324 e. The number of nitro benzene ring substituents is 1. The molecule has 1 atom stereocenters. The normalized spacial score (nSPS) is 11.9. The average molecular weight is 339 g/mol. The van der Waals surface area contributed by atoms with Crippen molar-refractivity contribution in [3.8, 4) is 0 Å². The fourth-order valence-corrected chi connectivity index (χ4v) is 2.52. The van der Waals surface area contributed by atoms with Crippen LogP contribution in [0.25, 0.3) is 10.9 Å². The van der Waals surface area contributed by atoms with Gasteiger partial charge in [0.2, 0.25) is 5.91 Å². The molecule has 0 aliphatic heterocycles. The number of benzene rings is 2. The number of para-hydroxylation sites is 1. The molecule has 0 saturated heterocycles. The van der Waals surface area contributed by atoms with Crippen LogP contribution in [0.1, 0.15) is 18.2 Å². The highest BCUT2D eigenvalue weighted by Gasteiger charge is 2.18. The molecule has 7 heteroatoms. The molecule has 0 spiro atoms. The molecule has 0 bridgehead atoms. The average Bonchev–Trinajstić information content (AvgIpc) is 2.62. The van der Waals surface area contributed by atoms with Gasteiger partial charge in [0, 0.05) is 23.7 Å². The summed E-state index contributed by atoms with van der Waals surface area (Å²) in [6, 6.07) is 14.2. The molecule has 0 fully saturated rings. The Labute approximate surface area is 142 Å². The summed E-state index contributed by atoms with van der Waals surface area (Å²) in [6.07, 6.45) is -0.466. The summed E-state index contributed by atoms with van der Waals surface area (Å²) in [5.74, 6) is -0.530.